The molecule has 1 aromatic heterocycles. The summed E-state index contributed by atoms with van der Waals surface area (Å²) in [6.07, 6.45) is 0.833. The maximum absolute atomic E-state index is 13.0. The van der Waals surface area contributed by atoms with E-state index < -0.39 is 5.82 Å². The van der Waals surface area contributed by atoms with Crippen molar-refractivity contribution in [2.45, 2.75) is 13.3 Å². The Morgan fingerprint density at radius 3 is 2.69 bits per heavy atom. The summed E-state index contributed by atoms with van der Waals surface area (Å²) in [4.78, 5) is 4.37. The molecule has 0 aliphatic rings. The molecule has 2 rings (SSSR count). The van der Waals surface area contributed by atoms with Crippen molar-refractivity contribution >= 4 is 34.5 Å². The molecule has 5 heteroatoms. The third-order valence-electron chi connectivity index (χ3n) is 2.13. The van der Waals surface area contributed by atoms with E-state index in [4.69, 9.17) is 23.2 Å². The maximum Gasteiger partial charge on any atom is 0.141 e. The van der Waals surface area contributed by atoms with Crippen molar-refractivity contribution in [1.29, 1.82) is 0 Å². The lowest BCUT2D eigenvalue weighted by atomic mass is 10.2. The minimum Gasteiger partial charge on any atom is -0.240 e. The molecule has 0 fully saturated rings. The second-order valence-corrected chi connectivity index (χ2v) is 5.31. The van der Waals surface area contributed by atoms with E-state index in [1.807, 2.05) is 6.92 Å². The molecule has 0 saturated carbocycles. The Morgan fingerprint density at radius 1 is 1.38 bits per heavy atom. The van der Waals surface area contributed by atoms with Crippen molar-refractivity contribution in [3.63, 3.8) is 0 Å². The second-order valence-electron chi connectivity index (χ2n) is 3.21. The molecule has 0 radical (unpaired) electrons. The SMILES string of the molecule is CCc1nc(-c2ccc(F)c(Cl)c2)c(Cl)s1. The fourth-order valence-electron chi connectivity index (χ4n) is 1.32. The van der Waals surface area contributed by atoms with E-state index in [0.29, 0.717) is 10.0 Å². The zero-order valence-electron chi connectivity index (χ0n) is 8.43. The standard InChI is InChI=1S/C11H8Cl2FNS/c1-2-9-15-10(11(13)16-9)6-3-4-8(14)7(12)5-6/h3-5H,2H2,1H3. The Hall–Kier alpha value is -0.640. The highest BCUT2D eigenvalue weighted by Gasteiger charge is 2.12. The van der Waals surface area contributed by atoms with Crippen molar-refractivity contribution in [3.8, 4) is 11.3 Å². The lowest BCUT2D eigenvalue weighted by Gasteiger charge is -1.99. The molecule has 0 atom stereocenters. The van der Waals surface area contributed by atoms with Crippen LogP contribution in [0.4, 0.5) is 4.39 Å². The number of benzene rings is 1. The van der Waals surface area contributed by atoms with Crippen LogP contribution in [0, 0.1) is 5.82 Å². The van der Waals surface area contributed by atoms with Gasteiger partial charge in [0.2, 0.25) is 0 Å². The van der Waals surface area contributed by atoms with Crippen LogP contribution in [0.1, 0.15) is 11.9 Å². The van der Waals surface area contributed by atoms with Gasteiger partial charge < -0.3 is 0 Å². The molecule has 84 valence electrons. The molecular weight excluding hydrogens is 268 g/mol. The van der Waals surface area contributed by atoms with Gasteiger partial charge in [-0.05, 0) is 24.6 Å². The van der Waals surface area contributed by atoms with Gasteiger partial charge in [-0.3, -0.25) is 0 Å². The lowest BCUT2D eigenvalue weighted by Crippen LogP contribution is -1.83. The van der Waals surface area contributed by atoms with Crippen LogP contribution in [0.25, 0.3) is 11.3 Å². The third kappa shape index (κ3) is 2.21. The molecule has 0 bridgehead atoms. The van der Waals surface area contributed by atoms with Gasteiger partial charge in [-0.15, -0.1) is 11.3 Å². The second kappa shape index (κ2) is 4.70. The topological polar surface area (TPSA) is 12.9 Å². The first-order valence-electron chi connectivity index (χ1n) is 4.72. The zero-order valence-corrected chi connectivity index (χ0v) is 10.8. The number of aromatic nitrogens is 1. The van der Waals surface area contributed by atoms with Crippen LogP contribution >= 0.6 is 34.5 Å². The van der Waals surface area contributed by atoms with Crippen LogP contribution < -0.4 is 0 Å². The monoisotopic (exact) mass is 275 g/mol. The average molecular weight is 276 g/mol. The van der Waals surface area contributed by atoms with Gasteiger partial charge >= 0.3 is 0 Å². The Kier molecular flexibility index (Phi) is 3.47. The summed E-state index contributed by atoms with van der Waals surface area (Å²) in [5, 5.41) is 1.04. The maximum atomic E-state index is 13.0. The smallest absolute Gasteiger partial charge is 0.141 e. The van der Waals surface area contributed by atoms with Crippen molar-refractivity contribution in [2.24, 2.45) is 0 Å². The van der Waals surface area contributed by atoms with Gasteiger partial charge in [-0.1, -0.05) is 30.1 Å². The van der Waals surface area contributed by atoms with E-state index in [0.717, 1.165) is 17.0 Å². The lowest BCUT2D eigenvalue weighted by molar-refractivity contribution is 0.628. The molecular formula is C11H8Cl2FNS. The first-order valence-corrected chi connectivity index (χ1v) is 6.29. The number of hydrogen-bond acceptors (Lipinski definition) is 2. The summed E-state index contributed by atoms with van der Waals surface area (Å²) in [5.41, 5.74) is 1.41. The summed E-state index contributed by atoms with van der Waals surface area (Å²) in [7, 11) is 0. The summed E-state index contributed by atoms with van der Waals surface area (Å²) >= 11 is 13.2. The molecule has 0 amide bonds. The van der Waals surface area contributed by atoms with E-state index in [1.165, 1.54) is 23.5 Å². The normalized spacial score (nSPS) is 10.8. The number of hydrogen-bond donors (Lipinski definition) is 0. The van der Waals surface area contributed by atoms with E-state index in [9.17, 15) is 4.39 Å². The number of nitrogens with zero attached hydrogens (tertiary/aromatic N) is 1. The predicted octanol–water partition coefficient (Wildman–Crippen LogP) is 4.82. The van der Waals surface area contributed by atoms with Crippen LogP contribution in [-0.2, 0) is 6.42 Å². The third-order valence-corrected chi connectivity index (χ3v) is 3.81. The van der Waals surface area contributed by atoms with Gasteiger partial charge in [0.05, 0.1) is 10.0 Å². The average Bonchev–Trinajstić information content (AvgIpc) is 2.64. The van der Waals surface area contributed by atoms with Gasteiger partial charge in [0, 0.05) is 5.56 Å². The molecule has 0 spiro atoms. The van der Waals surface area contributed by atoms with E-state index in [-0.39, 0.29) is 5.02 Å². The van der Waals surface area contributed by atoms with E-state index in [1.54, 1.807) is 6.07 Å². The highest BCUT2D eigenvalue weighted by molar-refractivity contribution is 7.16. The number of thiazole rings is 1. The fourth-order valence-corrected chi connectivity index (χ4v) is 2.66. The number of aryl methyl sites for hydroxylation is 1. The predicted molar refractivity (Wildman–Crippen MR) is 66.9 cm³/mol. The molecule has 0 unspecified atom stereocenters. The van der Waals surface area contributed by atoms with Gasteiger partial charge in [0.1, 0.15) is 15.8 Å². The Bertz CT molecular complexity index is 525. The van der Waals surface area contributed by atoms with E-state index in [2.05, 4.69) is 4.98 Å². The first kappa shape index (κ1) is 11.8. The van der Waals surface area contributed by atoms with Crippen LogP contribution in [-0.4, -0.2) is 4.98 Å². The zero-order chi connectivity index (χ0) is 11.7. The molecule has 2 aromatic rings. The number of halogens is 3. The molecule has 0 aliphatic heterocycles. The van der Waals surface area contributed by atoms with Crippen molar-refractivity contribution in [1.82, 2.24) is 4.98 Å². The van der Waals surface area contributed by atoms with Crippen LogP contribution in [0.2, 0.25) is 9.36 Å². The van der Waals surface area contributed by atoms with Crippen molar-refractivity contribution in [2.75, 3.05) is 0 Å². The highest BCUT2D eigenvalue weighted by Crippen LogP contribution is 2.34. The quantitative estimate of drug-likeness (QED) is 0.766. The minimum absolute atomic E-state index is 0.0830. The van der Waals surface area contributed by atoms with E-state index >= 15 is 0 Å². The Morgan fingerprint density at radius 2 is 2.12 bits per heavy atom. The summed E-state index contributed by atoms with van der Waals surface area (Å²) in [6, 6.07) is 4.48. The molecule has 0 N–H and O–H groups in total. The molecule has 1 nitrogen and oxygen atoms in total. The summed E-state index contributed by atoms with van der Waals surface area (Å²) in [6.45, 7) is 2.01. The van der Waals surface area contributed by atoms with Crippen molar-refractivity contribution in [3.05, 3.63) is 38.4 Å². The fraction of sp³-hybridized carbons (Fsp3) is 0.182. The molecule has 1 heterocycles. The van der Waals surface area contributed by atoms with Gasteiger partial charge in [-0.2, -0.15) is 0 Å². The van der Waals surface area contributed by atoms with Crippen LogP contribution in [0.5, 0.6) is 0 Å². The summed E-state index contributed by atoms with van der Waals surface area (Å²) in [5.74, 6) is -0.438. The van der Waals surface area contributed by atoms with Gasteiger partial charge in [0.25, 0.3) is 0 Å². The Labute approximate surface area is 107 Å². The van der Waals surface area contributed by atoms with Gasteiger partial charge in [0.15, 0.2) is 0 Å². The largest absolute Gasteiger partial charge is 0.240 e. The molecule has 16 heavy (non-hydrogen) atoms. The van der Waals surface area contributed by atoms with Crippen LogP contribution in [0.15, 0.2) is 18.2 Å². The highest BCUT2D eigenvalue weighted by atomic mass is 35.5. The van der Waals surface area contributed by atoms with Crippen molar-refractivity contribution < 1.29 is 4.39 Å². The molecule has 0 saturated heterocycles. The minimum atomic E-state index is -0.438. The number of rotatable bonds is 2. The Balaban J connectivity index is 2.49. The summed E-state index contributed by atoms with van der Waals surface area (Å²) < 4.78 is 13.6. The molecule has 0 aliphatic carbocycles. The van der Waals surface area contributed by atoms with Gasteiger partial charge in [-0.25, -0.2) is 9.37 Å². The molecule has 1 aromatic carbocycles. The van der Waals surface area contributed by atoms with Crippen LogP contribution in [0.3, 0.4) is 0 Å². The first-order chi connectivity index (χ1) is 7.61.